The second kappa shape index (κ2) is 5.80. The number of nitrogens with zero attached hydrogens (tertiary/aromatic N) is 1. The summed E-state index contributed by atoms with van der Waals surface area (Å²) >= 11 is 1.46. The van der Waals surface area contributed by atoms with Gasteiger partial charge in [0.2, 0.25) is 0 Å². The Morgan fingerprint density at radius 1 is 1.35 bits per heavy atom. The van der Waals surface area contributed by atoms with Crippen molar-refractivity contribution in [3.05, 3.63) is 45.9 Å². The number of hydrogen-bond donors (Lipinski definition) is 1. The summed E-state index contributed by atoms with van der Waals surface area (Å²) in [5.41, 5.74) is 1.55. The monoisotopic (exact) mass is 302 g/mol. The molecule has 20 heavy (non-hydrogen) atoms. The molecule has 0 saturated carbocycles. The molecule has 7 heteroatoms. The summed E-state index contributed by atoms with van der Waals surface area (Å²) in [5, 5.41) is 5.75. The molecule has 1 aromatic carbocycles. The van der Waals surface area contributed by atoms with Crippen molar-refractivity contribution in [1.82, 2.24) is 10.3 Å². The zero-order chi connectivity index (χ0) is 14.8. The Morgan fingerprint density at radius 3 is 2.65 bits per heavy atom. The minimum Gasteiger partial charge on any atom is -0.406 e. The minimum atomic E-state index is -4.69. The molecule has 0 fully saturated rings. The molecule has 0 amide bonds. The highest BCUT2D eigenvalue weighted by Gasteiger charge is 2.31. The van der Waals surface area contributed by atoms with E-state index in [0.29, 0.717) is 5.56 Å². The Labute approximate surface area is 118 Å². The highest BCUT2D eigenvalue weighted by molar-refractivity contribution is 7.09. The van der Waals surface area contributed by atoms with Crippen LogP contribution in [0.1, 0.15) is 22.3 Å². The molecule has 108 valence electrons. The van der Waals surface area contributed by atoms with Gasteiger partial charge in [0, 0.05) is 11.1 Å². The number of aryl methyl sites for hydroxylation is 1. The molecule has 0 spiro atoms. The van der Waals surface area contributed by atoms with Crippen LogP contribution in [-0.2, 0) is 0 Å². The van der Waals surface area contributed by atoms with Crippen LogP contribution in [0.4, 0.5) is 13.2 Å². The van der Waals surface area contributed by atoms with Crippen molar-refractivity contribution in [1.29, 1.82) is 0 Å². The van der Waals surface area contributed by atoms with Crippen molar-refractivity contribution in [2.45, 2.75) is 19.3 Å². The molecule has 0 bridgehead atoms. The lowest BCUT2D eigenvalue weighted by atomic mass is 10.1. The lowest BCUT2D eigenvalue weighted by molar-refractivity contribution is -0.274. The third-order valence-corrected chi connectivity index (χ3v) is 3.62. The number of halogens is 3. The fourth-order valence-electron chi connectivity index (χ4n) is 1.83. The van der Waals surface area contributed by atoms with Gasteiger partial charge in [-0.1, -0.05) is 12.1 Å². The van der Waals surface area contributed by atoms with Gasteiger partial charge in [0.05, 0.1) is 6.04 Å². The average Bonchev–Trinajstić information content (AvgIpc) is 2.75. The maximum atomic E-state index is 12.2. The molecular weight excluding hydrogens is 289 g/mol. The van der Waals surface area contributed by atoms with E-state index >= 15 is 0 Å². The highest BCUT2D eigenvalue weighted by atomic mass is 32.1. The van der Waals surface area contributed by atoms with Crippen molar-refractivity contribution in [3.8, 4) is 5.75 Å². The molecule has 0 saturated heterocycles. The van der Waals surface area contributed by atoms with Crippen LogP contribution in [0.5, 0.6) is 5.75 Å². The summed E-state index contributed by atoms with van der Waals surface area (Å²) in [6.45, 7) is 1.87. The smallest absolute Gasteiger partial charge is 0.406 e. The van der Waals surface area contributed by atoms with E-state index in [4.69, 9.17) is 0 Å². The number of thiazole rings is 1. The van der Waals surface area contributed by atoms with Crippen LogP contribution in [0.15, 0.2) is 29.6 Å². The largest absolute Gasteiger partial charge is 0.573 e. The zero-order valence-electron chi connectivity index (χ0n) is 10.9. The van der Waals surface area contributed by atoms with E-state index in [2.05, 4.69) is 15.0 Å². The second-order valence-corrected chi connectivity index (χ2v) is 5.06. The highest BCUT2D eigenvalue weighted by Crippen LogP contribution is 2.29. The molecule has 0 aliphatic heterocycles. The molecular formula is C13H13F3N2OS. The number of alkyl halides is 3. The summed E-state index contributed by atoms with van der Waals surface area (Å²) in [7, 11) is 1.73. The summed E-state index contributed by atoms with van der Waals surface area (Å²) in [5.74, 6) is -0.233. The molecule has 3 nitrogen and oxygen atoms in total. The number of ether oxygens (including phenoxy) is 1. The summed E-state index contributed by atoms with van der Waals surface area (Å²) in [6, 6.07) is 5.65. The Hall–Kier alpha value is -1.60. The fraction of sp³-hybridized carbons (Fsp3) is 0.308. The van der Waals surface area contributed by atoms with Crippen LogP contribution >= 0.6 is 11.3 Å². The average molecular weight is 302 g/mol. The normalized spacial score (nSPS) is 13.2. The van der Waals surface area contributed by atoms with Gasteiger partial charge in [0.1, 0.15) is 10.8 Å². The standard InChI is InChI=1S/C13H13F3N2OS/c1-8-7-20-12(18-8)11(17-2)9-4-3-5-10(6-9)19-13(14,15)16/h3-7,11,17H,1-2H3. The summed E-state index contributed by atoms with van der Waals surface area (Å²) < 4.78 is 40.6. The maximum Gasteiger partial charge on any atom is 0.573 e. The third kappa shape index (κ3) is 3.71. The topological polar surface area (TPSA) is 34.1 Å². The van der Waals surface area contributed by atoms with E-state index in [1.54, 1.807) is 13.1 Å². The lowest BCUT2D eigenvalue weighted by Gasteiger charge is -2.16. The Morgan fingerprint density at radius 2 is 2.10 bits per heavy atom. The van der Waals surface area contributed by atoms with Crippen molar-refractivity contribution >= 4 is 11.3 Å². The Bertz CT molecular complexity index is 583. The first-order chi connectivity index (χ1) is 9.39. The van der Waals surface area contributed by atoms with Crippen LogP contribution in [0.2, 0.25) is 0 Å². The molecule has 2 rings (SSSR count). The second-order valence-electron chi connectivity index (χ2n) is 4.17. The quantitative estimate of drug-likeness (QED) is 0.936. The van der Waals surface area contributed by atoms with E-state index in [1.165, 1.54) is 29.5 Å². The van der Waals surface area contributed by atoms with Crippen LogP contribution in [-0.4, -0.2) is 18.4 Å². The molecule has 1 N–H and O–H groups in total. The predicted octanol–water partition coefficient (Wildman–Crippen LogP) is 3.66. The zero-order valence-corrected chi connectivity index (χ0v) is 11.7. The van der Waals surface area contributed by atoms with E-state index < -0.39 is 6.36 Å². The van der Waals surface area contributed by atoms with Gasteiger partial charge >= 0.3 is 6.36 Å². The van der Waals surface area contributed by atoms with Crippen LogP contribution < -0.4 is 10.1 Å². The number of benzene rings is 1. The van der Waals surface area contributed by atoms with Gasteiger partial charge in [0.25, 0.3) is 0 Å². The minimum absolute atomic E-state index is 0.233. The van der Waals surface area contributed by atoms with Gasteiger partial charge in [-0.25, -0.2) is 4.98 Å². The maximum absolute atomic E-state index is 12.2. The van der Waals surface area contributed by atoms with Crippen LogP contribution in [0.3, 0.4) is 0 Å². The molecule has 1 unspecified atom stereocenters. The van der Waals surface area contributed by atoms with E-state index in [0.717, 1.165) is 10.7 Å². The molecule has 1 atom stereocenters. The first-order valence-electron chi connectivity index (χ1n) is 5.84. The van der Waals surface area contributed by atoms with E-state index in [1.807, 2.05) is 12.3 Å². The van der Waals surface area contributed by atoms with Crippen molar-refractivity contribution in [2.75, 3.05) is 7.05 Å². The molecule has 0 radical (unpaired) electrons. The Balaban J connectivity index is 2.29. The van der Waals surface area contributed by atoms with E-state index in [9.17, 15) is 13.2 Å². The van der Waals surface area contributed by atoms with Gasteiger partial charge in [-0.2, -0.15) is 0 Å². The number of nitrogens with one attached hydrogen (secondary N) is 1. The number of rotatable bonds is 4. The van der Waals surface area contributed by atoms with E-state index in [-0.39, 0.29) is 11.8 Å². The van der Waals surface area contributed by atoms with Crippen LogP contribution in [0, 0.1) is 6.92 Å². The first kappa shape index (κ1) is 14.8. The van der Waals surface area contributed by atoms with Gasteiger partial charge in [-0.15, -0.1) is 24.5 Å². The van der Waals surface area contributed by atoms with Gasteiger partial charge < -0.3 is 10.1 Å². The van der Waals surface area contributed by atoms with Gasteiger partial charge in [-0.3, -0.25) is 0 Å². The molecule has 1 heterocycles. The SMILES string of the molecule is CNC(c1cccc(OC(F)(F)F)c1)c1nc(C)cs1. The van der Waals surface area contributed by atoms with Crippen LogP contribution in [0.25, 0.3) is 0 Å². The van der Waals surface area contributed by atoms with Gasteiger partial charge in [0.15, 0.2) is 0 Å². The van der Waals surface area contributed by atoms with Crippen molar-refractivity contribution in [2.24, 2.45) is 0 Å². The van der Waals surface area contributed by atoms with Gasteiger partial charge in [-0.05, 0) is 31.7 Å². The lowest BCUT2D eigenvalue weighted by Crippen LogP contribution is -2.19. The first-order valence-corrected chi connectivity index (χ1v) is 6.72. The molecule has 0 aliphatic rings. The predicted molar refractivity (Wildman–Crippen MR) is 70.9 cm³/mol. The number of hydrogen-bond acceptors (Lipinski definition) is 4. The summed E-state index contributed by atoms with van der Waals surface area (Å²) in [4.78, 5) is 4.36. The third-order valence-electron chi connectivity index (χ3n) is 2.60. The molecule has 0 aliphatic carbocycles. The molecule has 2 aromatic rings. The van der Waals surface area contributed by atoms with Crippen molar-refractivity contribution < 1.29 is 17.9 Å². The Kier molecular flexibility index (Phi) is 4.29. The molecule has 1 aromatic heterocycles. The summed E-state index contributed by atoms with van der Waals surface area (Å²) in [6.07, 6.45) is -4.69. The number of aromatic nitrogens is 1. The fourth-order valence-corrected chi connectivity index (χ4v) is 2.76. The van der Waals surface area contributed by atoms with Crippen molar-refractivity contribution in [3.63, 3.8) is 0 Å².